The summed E-state index contributed by atoms with van der Waals surface area (Å²) in [5.74, 6) is 0. The number of anilines is 3. The molecule has 2 fully saturated rings. The lowest BCUT2D eigenvalue weighted by Crippen LogP contribution is -2.48. The smallest absolute Gasteiger partial charge is 0.243 e. The normalized spacial score (nSPS) is 19.4. The van der Waals surface area contributed by atoms with Gasteiger partial charge in [0.1, 0.15) is 0 Å². The summed E-state index contributed by atoms with van der Waals surface area (Å²) in [6.45, 7) is 8.99. The van der Waals surface area contributed by atoms with Crippen molar-refractivity contribution in [3.05, 3.63) is 60.7 Å². The van der Waals surface area contributed by atoms with Crippen LogP contribution in [0.3, 0.4) is 0 Å². The topological polar surface area (TPSA) is 93.3 Å². The van der Waals surface area contributed by atoms with Crippen molar-refractivity contribution in [3.63, 3.8) is 0 Å². The molecule has 0 unspecified atom stereocenters. The van der Waals surface area contributed by atoms with Gasteiger partial charge in [-0.05, 0) is 36.4 Å². The van der Waals surface area contributed by atoms with Crippen LogP contribution < -0.4 is 14.7 Å². The standard InChI is InChI=1S/C34H48N4O7S/c1-35(2)33-7-3-6-32-31(33)5-4-8-34(32)46(39,40)38-15-13-36(14-16-38)29-9-11-30(12-10-29)37-17-19-41-21-23-43-25-27-45-28-26-44-24-22-42-20-18-37/h3-12H,13-28H2,1-2H3. The molecule has 2 saturated heterocycles. The van der Waals surface area contributed by atoms with Gasteiger partial charge in [-0.3, -0.25) is 0 Å². The molecule has 2 aliphatic heterocycles. The van der Waals surface area contributed by atoms with E-state index in [2.05, 4.69) is 34.1 Å². The minimum atomic E-state index is -3.65. The maximum Gasteiger partial charge on any atom is 0.243 e. The van der Waals surface area contributed by atoms with Gasteiger partial charge in [-0.25, -0.2) is 8.42 Å². The number of rotatable bonds is 5. The van der Waals surface area contributed by atoms with Gasteiger partial charge in [0.05, 0.1) is 71.0 Å². The molecule has 0 bridgehead atoms. The lowest BCUT2D eigenvalue weighted by atomic mass is 10.1. The van der Waals surface area contributed by atoms with E-state index in [4.69, 9.17) is 23.7 Å². The summed E-state index contributed by atoms with van der Waals surface area (Å²) in [6.07, 6.45) is 0. The zero-order chi connectivity index (χ0) is 32.2. The number of hydrogen-bond acceptors (Lipinski definition) is 10. The molecule has 0 spiro atoms. The highest BCUT2D eigenvalue weighted by Gasteiger charge is 2.30. The van der Waals surface area contributed by atoms with Crippen LogP contribution in [0.5, 0.6) is 0 Å². The molecule has 46 heavy (non-hydrogen) atoms. The molecule has 0 amide bonds. The van der Waals surface area contributed by atoms with Gasteiger partial charge in [0, 0.05) is 81.2 Å². The average molecular weight is 657 g/mol. The second-order valence-electron chi connectivity index (χ2n) is 11.5. The van der Waals surface area contributed by atoms with E-state index in [0.29, 0.717) is 97.1 Å². The molecule has 5 rings (SSSR count). The maximum atomic E-state index is 13.8. The highest BCUT2D eigenvalue weighted by molar-refractivity contribution is 7.89. The molecular formula is C34H48N4O7S. The number of benzene rings is 3. The predicted molar refractivity (Wildman–Crippen MR) is 182 cm³/mol. The first kappa shape index (κ1) is 34.4. The molecule has 0 saturated carbocycles. The summed E-state index contributed by atoms with van der Waals surface area (Å²) in [6, 6.07) is 19.8. The third-order valence-corrected chi connectivity index (χ3v) is 10.2. The first-order valence-electron chi connectivity index (χ1n) is 16.1. The number of sulfonamides is 1. The number of ether oxygens (including phenoxy) is 5. The predicted octanol–water partition coefficient (Wildman–Crippen LogP) is 3.32. The van der Waals surface area contributed by atoms with Crippen LogP contribution in [0.25, 0.3) is 10.8 Å². The van der Waals surface area contributed by atoms with Crippen LogP contribution in [0.1, 0.15) is 0 Å². The molecule has 2 heterocycles. The Morgan fingerprint density at radius 1 is 0.522 bits per heavy atom. The minimum absolute atomic E-state index is 0.364. The Balaban J connectivity index is 1.18. The van der Waals surface area contributed by atoms with Gasteiger partial charge in [-0.2, -0.15) is 4.31 Å². The fraction of sp³-hybridized carbons (Fsp3) is 0.529. The minimum Gasteiger partial charge on any atom is -0.377 e. The second-order valence-corrected chi connectivity index (χ2v) is 13.4. The molecule has 0 atom stereocenters. The average Bonchev–Trinajstić information content (AvgIpc) is 3.07. The van der Waals surface area contributed by atoms with E-state index >= 15 is 0 Å². The fourth-order valence-electron chi connectivity index (χ4n) is 5.78. The van der Waals surface area contributed by atoms with Crippen molar-refractivity contribution in [1.29, 1.82) is 0 Å². The van der Waals surface area contributed by atoms with E-state index in [1.54, 1.807) is 10.4 Å². The Hall–Kier alpha value is -2.97. The Kier molecular flexibility index (Phi) is 12.9. The van der Waals surface area contributed by atoms with Crippen LogP contribution in [0.15, 0.2) is 65.6 Å². The van der Waals surface area contributed by atoms with Crippen LogP contribution in [-0.2, 0) is 33.7 Å². The van der Waals surface area contributed by atoms with Crippen molar-refractivity contribution < 1.29 is 32.1 Å². The quantitative estimate of drug-likeness (QED) is 0.408. The van der Waals surface area contributed by atoms with E-state index in [0.717, 1.165) is 40.9 Å². The third kappa shape index (κ3) is 9.09. The van der Waals surface area contributed by atoms with E-state index in [-0.39, 0.29) is 0 Å². The van der Waals surface area contributed by atoms with E-state index in [1.807, 2.05) is 49.3 Å². The monoisotopic (exact) mass is 656 g/mol. The Labute approximate surface area is 273 Å². The molecule has 12 heteroatoms. The van der Waals surface area contributed by atoms with Crippen molar-refractivity contribution >= 4 is 37.9 Å². The molecule has 3 aromatic rings. The van der Waals surface area contributed by atoms with Crippen LogP contribution in [0, 0.1) is 0 Å². The summed E-state index contributed by atoms with van der Waals surface area (Å²) >= 11 is 0. The fourth-order valence-corrected chi connectivity index (χ4v) is 7.41. The van der Waals surface area contributed by atoms with Gasteiger partial charge < -0.3 is 38.4 Å². The van der Waals surface area contributed by atoms with Crippen molar-refractivity contribution in [2.75, 3.05) is 134 Å². The van der Waals surface area contributed by atoms with Gasteiger partial charge >= 0.3 is 0 Å². The largest absolute Gasteiger partial charge is 0.377 e. The van der Waals surface area contributed by atoms with Crippen molar-refractivity contribution in [2.24, 2.45) is 0 Å². The molecule has 0 radical (unpaired) electrons. The van der Waals surface area contributed by atoms with Crippen LogP contribution in [-0.4, -0.2) is 132 Å². The molecule has 3 aromatic carbocycles. The van der Waals surface area contributed by atoms with E-state index < -0.39 is 10.0 Å². The highest BCUT2D eigenvalue weighted by atomic mass is 32.2. The summed E-state index contributed by atoms with van der Waals surface area (Å²) in [7, 11) is 0.291. The van der Waals surface area contributed by atoms with Gasteiger partial charge in [-0.15, -0.1) is 0 Å². The zero-order valence-electron chi connectivity index (χ0n) is 27.1. The summed E-state index contributed by atoms with van der Waals surface area (Å²) in [5.41, 5.74) is 3.16. The van der Waals surface area contributed by atoms with Crippen LogP contribution >= 0.6 is 0 Å². The van der Waals surface area contributed by atoms with E-state index in [1.165, 1.54) is 0 Å². The number of nitrogens with zero attached hydrogens (tertiary/aromatic N) is 4. The van der Waals surface area contributed by atoms with Crippen LogP contribution in [0.4, 0.5) is 17.1 Å². The van der Waals surface area contributed by atoms with Crippen molar-refractivity contribution in [3.8, 4) is 0 Å². The highest BCUT2D eigenvalue weighted by Crippen LogP contribution is 2.32. The Morgan fingerprint density at radius 3 is 1.46 bits per heavy atom. The molecule has 252 valence electrons. The van der Waals surface area contributed by atoms with E-state index in [9.17, 15) is 8.42 Å². The molecule has 0 N–H and O–H groups in total. The van der Waals surface area contributed by atoms with Gasteiger partial charge in [0.25, 0.3) is 0 Å². The number of piperazine rings is 1. The van der Waals surface area contributed by atoms with Gasteiger partial charge in [-0.1, -0.05) is 24.3 Å². The summed E-state index contributed by atoms with van der Waals surface area (Å²) in [4.78, 5) is 6.89. The molecule has 0 aliphatic carbocycles. The SMILES string of the molecule is CN(C)c1cccc2c(S(=O)(=O)N3CCN(c4ccc(N5CCOCCOCCOCCOCCOCC5)cc4)CC3)cccc12. The van der Waals surface area contributed by atoms with Gasteiger partial charge in [0.2, 0.25) is 10.0 Å². The molecule has 2 aliphatic rings. The number of hydrogen-bond donors (Lipinski definition) is 0. The van der Waals surface area contributed by atoms with Crippen LogP contribution in [0.2, 0.25) is 0 Å². The lowest BCUT2D eigenvalue weighted by Gasteiger charge is -2.36. The first-order valence-corrected chi connectivity index (χ1v) is 17.6. The molecular weight excluding hydrogens is 608 g/mol. The number of fused-ring (bicyclic) bond motifs is 1. The lowest BCUT2D eigenvalue weighted by molar-refractivity contribution is -0.0116. The second kappa shape index (κ2) is 17.3. The Morgan fingerprint density at radius 2 is 0.957 bits per heavy atom. The molecule has 0 aromatic heterocycles. The zero-order valence-corrected chi connectivity index (χ0v) is 28.0. The first-order chi connectivity index (χ1) is 22.4. The third-order valence-electron chi connectivity index (χ3n) is 8.28. The summed E-state index contributed by atoms with van der Waals surface area (Å²) in [5, 5.41) is 1.69. The Bertz CT molecular complexity index is 1450. The maximum absolute atomic E-state index is 13.8. The molecule has 11 nitrogen and oxygen atoms in total. The van der Waals surface area contributed by atoms with Gasteiger partial charge in [0.15, 0.2) is 0 Å². The van der Waals surface area contributed by atoms with Crippen molar-refractivity contribution in [1.82, 2.24) is 4.31 Å². The summed E-state index contributed by atoms with van der Waals surface area (Å²) < 4.78 is 57.6. The van der Waals surface area contributed by atoms with Crippen molar-refractivity contribution in [2.45, 2.75) is 4.90 Å².